The number of rotatable bonds is 6. The second kappa shape index (κ2) is 8.22. The first-order valence-corrected chi connectivity index (χ1v) is 8.72. The summed E-state index contributed by atoms with van der Waals surface area (Å²) in [6, 6.07) is 14.2. The molecule has 1 aliphatic rings. The van der Waals surface area contributed by atoms with Gasteiger partial charge in [0.05, 0.1) is 12.2 Å². The molecule has 0 aromatic heterocycles. The van der Waals surface area contributed by atoms with Gasteiger partial charge in [0.15, 0.2) is 11.5 Å². The summed E-state index contributed by atoms with van der Waals surface area (Å²) >= 11 is 0. The summed E-state index contributed by atoms with van der Waals surface area (Å²) in [5.74, 6) is -2.07. The van der Waals surface area contributed by atoms with E-state index in [2.05, 4.69) is 10.1 Å². The Morgan fingerprint density at radius 1 is 1.07 bits per heavy atom. The molecule has 2 aromatic carbocycles. The number of hydrogen-bond acceptors (Lipinski definition) is 7. The number of benzene rings is 2. The van der Waals surface area contributed by atoms with Crippen LogP contribution in [0, 0.1) is 5.41 Å². The van der Waals surface area contributed by atoms with Crippen LogP contribution >= 0.6 is 0 Å². The molecule has 1 aliphatic heterocycles. The molecule has 8 nitrogen and oxygen atoms in total. The van der Waals surface area contributed by atoms with Gasteiger partial charge in [0.1, 0.15) is 18.1 Å². The first kappa shape index (κ1) is 21.4. The Hall–Kier alpha value is -3.28. The minimum atomic E-state index is -4.78. The van der Waals surface area contributed by atoms with E-state index < -0.39 is 35.9 Å². The van der Waals surface area contributed by atoms with Gasteiger partial charge in [-0.1, -0.05) is 30.3 Å². The Labute approximate surface area is 169 Å². The van der Waals surface area contributed by atoms with Gasteiger partial charge in [-0.3, -0.25) is 16.9 Å². The van der Waals surface area contributed by atoms with E-state index in [-0.39, 0.29) is 18.0 Å². The van der Waals surface area contributed by atoms with Crippen LogP contribution in [-0.2, 0) is 6.54 Å². The number of hydrogen-bond donors (Lipinski definition) is 4. The van der Waals surface area contributed by atoms with Gasteiger partial charge in [0, 0.05) is 0 Å². The van der Waals surface area contributed by atoms with Crippen molar-refractivity contribution < 1.29 is 23.0 Å². The number of halogens is 3. The lowest BCUT2D eigenvalue weighted by Crippen LogP contribution is -2.57. The van der Waals surface area contributed by atoms with Gasteiger partial charge in [-0.25, -0.2) is 10.0 Å². The van der Waals surface area contributed by atoms with Crippen LogP contribution in [0.25, 0.3) is 0 Å². The Balaban J connectivity index is 1.86. The zero-order valence-electron chi connectivity index (χ0n) is 15.6. The van der Waals surface area contributed by atoms with E-state index in [9.17, 15) is 13.2 Å². The van der Waals surface area contributed by atoms with Crippen molar-refractivity contribution in [1.82, 2.24) is 5.01 Å². The van der Waals surface area contributed by atoms with Crippen LogP contribution in [0.4, 0.5) is 18.9 Å². The largest absolute Gasteiger partial charge is 0.458 e. The predicted octanol–water partition coefficient (Wildman–Crippen LogP) is 2.11. The van der Waals surface area contributed by atoms with Crippen LogP contribution in [0.2, 0.25) is 0 Å². The first-order valence-electron chi connectivity index (χ1n) is 8.72. The monoisotopic (exact) mass is 420 g/mol. The molecule has 0 spiro atoms. The minimum Gasteiger partial charge on any atom is -0.458 e. The second-order valence-corrected chi connectivity index (χ2v) is 6.51. The SMILES string of the molecule is N=C1C(=Nc2ccc(OC(N)(N)CO)cc2)C(C(F)(F)F)=NN1Cc1ccccc1. The Morgan fingerprint density at radius 3 is 2.27 bits per heavy atom. The lowest BCUT2D eigenvalue weighted by Gasteiger charge is -2.23. The lowest BCUT2D eigenvalue weighted by atomic mass is 10.2. The standard InChI is InChI=1S/C19H19F3N6O2/c20-19(21,22)16-15(17(23)28(27-16)10-12-4-2-1-3-5-12)26-13-6-8-14(9-7-13)30-18(24,25)11-29/h1-9,23,29H,10-11,24-25H2. The molecule has 30 heavy (non-hydrogen) atoms. The third-order valence-electron chi connectivity index (χ3n) is 4.00. The van der Waals surface area contributed by atoms with Gasteiger partial charge in [0.2, 0.25) is 5.85 Å². The fourth-order valence-corrected chi connectivity index (χ4v) is 2.59. The van der Waals surface area contributed by atoms with Crippen LogP contribution < -0.4 is 16.2 Å². The molecular weight excluding hydrogens is 401 g/mol. The van der Waals surface area contributed by atoms with Gasteiger partial charge in [-0.2, -0.15) is 18.3 Å². The molecule has 0 radical (unpaired) electrons. The number of hydrazone groups is 1. The van der Waals surface area contributed by atoms with Crippen molar-refractivity contribution in [1.29, 1.82) is 5.41 Å². The summed E-state index contributed by atoms with van der Waals surface area (Å²) in [5.41, 5.74) is 9.98. The predicted molar refractivity (Wildman–Crippen MR) is 106 cm³/mol. The smallest absolute Gasteiger partial charge is 0.437 e. The molecule has 0 bridgehead atoms. The summed E-state index contributed by atoms with van der Waals surface area (Å²) in [4.78, 5) is 3.97. The molecular formula is C19H19F3N6O2. The number of nitrogens with two attached hydrogens (primary N) is 2. The number of alkyl halides is 3. The maximum absolute atomic E-state index is 13.5. The van der Waals surface area contributed by atoms with E-state index in [4.69, 9.17) is 26.7 Å². The molecule has 0 aliphatic carbocycles. The zero-order valence-corrected chi connectivity index (χ0v) is 15.6. The highest BCUT2D eigenvalue weighted by Crippen LogP contribution is 2.27. The van der Waals surface area contributed by atoms with E-state index in [0.717, 1.165) is 5.01 Å². The molecule has 0 amide bonds. The van der Waals surface area contributed by atoms with Crippen molar-refractivity contribution in [2.24, 2.45) is 21.6 Å². The number of aliphatic hydroxyl groups is 1. The van der Waals surface area contributed by atoms with Crippen molar-refractivity contribution in [2.45, 2.75) is 18.6 Å². The normalized spacial score (nSPS) is 16.2. The maximum Gasteiger partial charge on any atom is 0.437 e. The number of ether oxygens (including phenoxy) is 1. The number of aliphatic hydroxyl groups excluding tert-OH is 1. The van der Waals surface area contributed by atoms with E-state index in [1.807, 2.05) is 0 Å². The second-order valence-electron chi connectivity index (χ2n) is 6.51. The van der Waals surface area contributed by atoms with Crippen molar-refractivity contribution in [3.8, 4) is 5.75 Å². The average Bonchev–Trinajstić information content (AvgIpc) is 3.00. The van der Waals surface area contributed by atoms with Crippen LogP contribution in [0.3, 0.4) is 0 Å². The number of aliphatic imine (C=N–C) groups is 1. The topological polar surface area (TPSA) is 133 Å². The number of amidine groups is 1. The van der Waals surface area contributed by atoms with E-state index in [0.29, 0.717) is 5.56 Å². The van der Waals surface area contributed by atoms with E-state index in [1.54, 1.807) is 30.3 Å². The summed E-state index contributed by atoms with van der Waals surface area (Å²) < 4.78 is 45.6. The lowest BCUT2D eigenvalue weighted by molar-refractivity contribution is -0.0571. The highest BCUT2D eigenvalue weighted by molar-refractivity contribution is 6.70. The van der Waals surface area contributed by atoms with Gasteiger partial charge in [0.25, 0.3) is 0 Å². The Kier molecular flexibility index (Phi) is 5.87. The van der Waals surface area contributed by atoms with Crippen LogP contribution in [0.1, 0.15) is 5.56 Å². The van der Waals surface area contributed by atoms with Crippen molar-refractivity contribution in [3.05, 3.63) is 60.2 Å². The summed E-state index contributed by atoms with van der Waals surface area (Å²) in [5, 5.41) is 21.7. The summed E-state index contributed by atoms with van der Waals surface area (Å²) in [6.07, 6.45) is -4.78. The number of nitrogens with one attached hydrogen (secondary N) is 1. The van der Waals surface area contributed by atoms with Crippen LogP contribution in [0.15, 0.2) is 64.7 Å². The third kappa shape index (κ3) is 5.00. The molecule has 0 unspecified atom stereocenters. The molecule has 2 aromatic rings. The van der Waals surface area contributed by atoms with Gasteiger partial charge in [-0.15, -0.1) is 0 Å². The van der Waals surface area contributed by atoms with Crippen LogP contribution in [-0.4, -0.2) is 46.0 Å². The molecule has 0 saturated heterocycles. The number of nitrogens with zero attached hydrogens (tertiary/aromatic N) is 3. The van der Waals surface area contributed by atoms with Crippen molar-refractivity contribution in [3.63, 3.8) is 0 Å². The van der Waals surface area contributed by atoms with Gasteiger partial charge < -0.3 is 9.84 Å². The molecule has 0 fully saturated rings. The fraction of sp³-hybridized carbons (Fsp3) is 0.211. The average molecular weight is 420 g/mol. The highest BCUT2D eigenvalue weighted by Gasteiger charge is 2.46. The molecule has 3 rings (SSSR count). The van der Waals surface area contributed by atoms with E-state index in [1.165, 1.54) is 24.3 Å². The van der Waals surface area contributed by atoms with Crippen LogP contribution in [0.5, 0.6) is 5.75 Å². The molecule has 6 N–H and O–H groups in total. The third-order valence-corrected chi connectivity index (χ3v) is 4.00. The molecule has 0 atom stereocenters. The highest BCUT2D eigenvalue weighted by atomic mass is 19.4. The fourth-order valence-electron chi connectivity index (χ4n) is 2.59. The van der Waals surface area contributed by atoms with Gasteiger partial charge in [-0.05, 0) is 29.8 Å². The quantitative estimate of drug-likeness (QED) is 0.531. The summed E-state index contributed by atoms with van der Waals surface area (Å²) in [6.45, 7) is -0.641. The molecule has 158 valence electrons. The molecule has 11 heteroatoms. The minimum absolute atomic E-state index is 0.00128. The summed E-state index contributed by atoms with van der Waals surface area (Å²) in [7, 11) is 0. The first-order chi connectivity index (χ1) is 14.1. The Morgan fingerprint density at radius 2 is 1.70 bits per heavy atom. The van der Waals surface area contributed by atoms with Gasteiger partial charge >= 0.3 is 6.18 Å². The van der Waals surface area contributed by atoms with Crippen molar-refractivity contribution in [2.75, 3.05) is 6.61 Å². The zero-order chi connectivity index (χ0) is 21.9. The van der Waals surface area contributed by atoms with Crippen molar-refractivity contribution >= 4 is 22.9 Å². The maximum atomic E-state index is 13.5. The molecule has 0 saturated carbocycles. The van der Waals surface area contributed by atoms with E-state index >= 15 is 0 Å². The molecule has 1 heterocycles. The Bertz CT molecular complexity index is 972.